The fraction of sp³-hybridized carbons (Fsp3) is 1.00. The van der Waals surface area contributed by atoms with Crippen LogP contribution in [0.15, 0.2) is 0 Å². The first-order valence-corrected chi connectivity index (χ1v) is 5.45. The lowest BCUT2D eigenvalue weighted by Crippen LogP contribution is -2.55. The molecule has 0 spiro atoms. The summed E-state index contributed by atoms with van der Waals surface area (Å²) in [6.07, 6.45) is 4.01. The highest BCUT2D eigenvalue weighted by atomic mass is 31.1. The van der Waals surface area contributed by atoms with E-state index in [1.165, 1.54) is 0 Å². The SMILES string of the molecule is CCCCCC(C[NH3+])O[P+](=O)O. The van der Waals surface area contributed by atoms with Crippen LogP contribution in [0.4, 0.5) is 0 Å². The van der Waals surface area contributed by atoms with Gasteiger partial charge in [-0.25, -0.2) is 0 Å². The molecule has 2 unspecified atom stereocenters. The summed E-state index contributed by atoms with van der Waals surface area (Å²) in [5.41, 5.74) is 3.65. The van der Waals surface area contributed by atoms with E-state index < -0.39 is 8.25 Å². The summed E-state index contributed by atoms with van der Waals surface area (Å²) in [7, 11) is -2.46. The van der Waals surface area contributed by atoms with E-state index in [9.17, 15) is 4.57 Å². The minimum Gasteiger partial charge on any atom is -0.355 e. The fourth-order valence-corrected chi connectivity index (χ4v) is 1.47. The second kappa shape index (κ2) is 7.62. The van der Waals surface area contributed by atoms with Crippen LogP contribution in [-0.4, -0.2) is 17.5 Å². The van der Waals surface area contributed by atoms with Gasteiger partial charge in [-0.15, -0.1) is 9.42 Å². The Labute approximate surface area is 74.1 Å². The smallest absolute Gasteiger partial charge is 0.355 e. The first-order chi connectivity index (χ1) is 5.70. The van der Waals surface area contributed by atoms with Gasteiger partial charge in [0, 0.05) is 4.57 Å². The zero-order valence-electron chi connectivity index (χ0n) is 7.53. The van der Waals surface area contributed by atoms with Crippen molar-refractivity contribution < 1.29 is 19.7 Å². The molecule has 0 rings (SSSR count). The van der Waals surface area contributed by atoms with Crippen molar-refractivity contribution in [2.75, 3.05) is 6.54 Å². The minimum atomic E-state index is -2.46. The van der Waals surface area contributed by atoms with Crippen LogP contribution in [0, 0.1) is 0 Å². The molecule has 12 heavy (non-hydrogen) atoms. The van der Waals surface area contributed by atoms with Gasteiger partial charge >= 0.3 is 8.25 Å². The molecule has 0 saturated carbocycles. The van der Waals surface area contributed by atoms with E-state index in [1.54, 1.807) is 0 Å². The van der Waals surface area contributed by atoms with Crippen LogP contribution in [0.1, 0.15) is 32.6 Å². The van der Waals surface area contributed by atoms with Gasteiger partial charge in [0.2, 0.25) is 0 Å². The number of rotatable bonds is 7. The molecule has 4 N–H and O–H groups in total. The molecule has 2 atom stereocenters. The summed E-state index contributed by atoms with van der Waals surface area (Å²) >= 11 is 0. The Balaban J connectivity index is 3.46. The van der Waals surface area contributed by atoms with Crippen molar-refractivity contribution in [3.05, 3.63) is 0 Å². The van der Waals surface area contributed by atoms with Crippen LogP contribution in [-0.2, 0) is 9.09 Å². The first-order valence-electron chi connectivity index (χ1n) is 4.32. The van der Waals surface area contributed by atoms with E-state index in [4.69, 9.17) is 9.42 Å². The summed E-state index contributed by atoms with van der Waals surface area (Å²) < 4.78 is 15.0. The van der Waals surface area contributed by atoms with E-state index in [0.29, 0.717) is 6.54 Å². The van der Waals surface area contributed by atoms with Crippen LogP contribution < -0.4 is 5.73 Å². The third-order valence-electron chi connectivity index (χ3n) is 1.69. The molecule has 0 bridgehead atoms. The second-order valence-corrected chi connectivity index (χ2v) is 3.44. The molecule has 0 aliphatic heterocycles. The maximum atomic E-state index is 10.3. The topological polar surface area (TPSA) is 74.2 Å². The summed E-state index contributed by atoms with van der Waals surface area (Å²) in [4.78, 5) is 8.47. The van der Waals surface area contributed by atoms with Crippen molar-refractivity contribution in [2.45, 2.75) is 38.7 Å². The predicted octanol–water partition coefficient (Wildman–Crippen LogP) is 0.843. The lowest BCUT2D eigenvalue weighted by atomic mass is 10.1. The van der Waals surface area contributed by atoms with Gasteiger partial charge in [0.05, 0.1) is 0 Å². The van der Waals surface area contributed by atoms with Crippen molar-refractivity contribution in [2.24, 2.45) is 0 Å². The quantitative estimate of drug-likeness (QED) is 0.467. The number of quaternary nitrogens is 1. The third kappa shape index (κ3) is 6.68. The molecule has 0 aromatic rings. The van der Waals surface area contributed by atoms with Gasteiger partial charge < -0.3 is 5.73 Å². The van der Waals surface area contributed by atoms with Gasteiger partial charge in [-0.2, -0.15) is 0 Å². The summed E-state index contributed by atoms with van der Waals surface area (Å²) in [6.45, 7) is 2.68. The van der Waals surface area contributed by atoms with Gasteiger partial charge in [-0.1, -0.05) is 26.2 Å². The van der Waals surface area contributed by atoms with E-state index in [0.717, 1.165) is 25.7 Å². The van der Waals surface area contributed by atoms with Crippen molar-refractivity contribution in [3.63, 3.8) is 0 Å². The summed E-state index contributed by atoms with van der Waals surface area (Å²) in [5, 5.41) is 0. The van der Waals surface area contributed by atoms with Crippen molar-refractivity contribution >= 4 is 8.25 Å². The Kier molecular flexibility index (Phi) is 7.61. The molecule has 5 heteroatoms. The van der Waals surface area contributed by atoms with E-state index in [1.807, 2.05) is 0 Å². The Hall–Kier alpha value is -0.0200. The molecule has 72 valence electrons. The molecular formula is C7H18NO3P+2. The molecule has 4 nitrogen and oxygen atoms in total. The summed E-state index contributed by atoms with van der Waals surface area (Å²) in [5.74, 6) is 0. The Morgan fingerprint density at radius 1 is 1.58 bits per heavy atom. The number of hydrogen-bond donors (Lipinski definition) is 2. The largest absolute Gasteiger partial charge is 0.695 e. The van der Waals surface area contributed by atoms with Gasteiger partial charge in [-0.3, -0.25) is 0 Å². The van der Waals surface area contributed by atoms with Gasteiger partial charge in [-0.05, 0) is 6.42 Å². The average Bonchev–Trinajstić information content (AvgIpc) is 2.02. The Bertz CT molecular complexity index is 132. The summed E-state index contributed by atoms with van der Waals surface area (Å²) in [6, 6.07) is 0. The highest BCUT2D eigenvalue weighted by molar-refractivity contribution is 7.32. The van der Waals surface area contributed by atoms with Crippen LogP contribution >= 0.6 is 8.25 Å². The molecule has 0 aliphatic rings. The highest BCUT2D eigenvalue weighted by Gasteiger charge is 2.22. The molecule has 0 heterocycles. The first kappa shape index (κ1) is 12.0. The van der Waals surface area contributed by atoms with E-state index in [-0.39, 0.29) is 6.10 Å². The Morgan fingerprint density at radius 2 is 2.25 bits per heavy atom. The van der Waals surface area contributed by atoms with Gasteiger partial charge in [0.15, 0.2) is 6.10 Å². The molecule has 0 aromatic carbocycles. The molecule has 0 saturated heterocycles. The van der Waals surface area contributed by atoms with Gasteiger partial charge in [0.25, 0.3) is 0 Å². The van der Waals surface area contributed by atoms with Crippen molar-refractivity contribution in [3.8, 4) is 0 Å². The number of hydrogen-bond acceptors (Lipinski definition) is 2. The number of unbranched alkanes of at least 4 members (excludes halogenated alkanes) is 2. The second-order valence-electron chi connectivity index (χ2n) is 2.75. The van der Waals surface area contributed by atoms with Gasteiger partial charge in [0.1, 0.15) is 6.54 Å². The van der Waals surface area contributed by atoms with E-state index >= 15 is 0 Å². The molecule has 0 amide bonds. The molecule has 0 fully saturated rings. The molecule has 0 aliphatic carbocycles. The van der Waals surface area contributed by atoms with E-state index in [2.05, 4.69) is 12.7 Å². The standard InChI is InChI=1S/C7H16NO3P/c1-2-3-4-5-7(6-8)11-12(9)10/h7H,2-6,8H2,1H3/p+2. The predicted molar refractivity (Wildman–Crippen MR) is 46.6 cm³/mol. The fourth-order valence-electron chi connectivity index (χ4n) is 0.999. The van der Waals surface area contributed by atoms with Crippen LogP contribution in [0.5, 0.6) is 0 Å². The molecular weight excluding hydrogens is 177 g/mol. The normalized spacial score (nSPS) is 14.4. The lowest BCUT2D eigenvalue weighted by Gasteiger charge is -2.03. The molecule has 0 aromatic heterocycles. The minimum absolute atomic E-state index is 0.148. The zero-order valence-corrected chi connectivity index (χ0v) is 8.43. The maximum absolute atomic E-state index is 10.3. The van der Waals surface area contributed by atoms with Crippen LogP contribution in [0.25, 0.3) is 0 Å². The van der Waals surface area contributed by atoms with Crippen LogP contribution in [0.2, 0.25) is 0 Å². The highest BCUT2D eigenvalue weighted by Crippen LogP contribution is 2.20. The lowest BCUT2D eigenvalue weighted by molar-refractivity contribution is -0.382. The monoisotopic (exact) mass is 195 g/mol. The Morgan fingerprint density at radius 3 is 2.67 bits per heavy atom. The van der Waals surface area contributed by atoms with Crippen molar-refractivity contribution in [1.82, 2.24) is 0 Å². The third-order valence-corrected chi connectivity index (χ3v) is 2.17. The zero-order chi connectivity index (χ0) is 9.40. The van der Waals surface area contributed by atoms with Crippen molar-refractivity contribution in [1.29, 1.82) is 0 Å². The van der Waals surface area contributed by atoms with Crippen LogP contribution in [0.3, 0.4) is 0 Å². The molecule has 0 radical (unpaired) electrons. The maximum Gasteiger partial charge on any atom is 0.695 e. The average molecular weight is 195 g/mol.